The second kappa shape index (κ2) is 4.73. The molecule has 1 N–H and O–H groups in total. The number of aromatic nitrogens is 2. The molecule has 1 fully saturated rings. The molecule has 1 saturated heterocycles. The van der Waals surface area contributed by atoms with Gasteiger partial charge in [0.1, 0.15) is 9.84 Å². The second-order valence-corrected chi connectivity index (χ2v) is 6.83. The van der Waals surface area contributed by atoms with E-state index in [9.17, 15) is 13.5 Å². The number of sulfone groups is 1. The van der Waals surface area contributed by atoms with Gasteiger partial charge in [0, 0.05) is 5.92 Å². The molecule has 1 aliphatic heterocycles. The first-order valence-corrected chi connectivity index (χ1v) is 7.49. The van der Waals surface area contributed by atoms with Crippen molar-refractivity contribution in [1.29, 1.82) is 0 Å². The Hall–Kier alpha value is -0.950. The summed E-state index contributed by atoms with van der Waals surface area (Å²) < 4.78 is 27.6. The van der Waals surface area contributed by atoms with Crippen LogP contribution >= 0.6 is 0 Å². The first kappa shape index (κ1) is 12.5. The zero-order valence-corrected chi connectivity index (χ0v) is 10.5. The molecule has 1 aromatic heterocycles. The number of rotatable bonds is 3. The van der Waals surface area contributed by atoms with Crippen LogP contribution in [0.15, 0.2) is 4.52 Å². The molecule has 7 heteroatoms. The predicted molar refractivity (Wildman–Crippen MR) is 60.3 cm³/mol. The molecule has 0 spiro atoms. The van der Waals surface area contributed by atoms with Crippen molar-refractivity contribution in [2.75, 3.05) is 11.5 Å². The summed E-state index contributed by atoms with van der Waals surface area (Å²) in [5.41, 5.74) is 0. The second-order valence-electron chi connectivity index (χ2n) is 4.53. The predicted octanol–water partition coefficient (Wildman–Crippen LogP) is 0.285. The topological polar surface area (TPSA) is 93.3 Å². The molecular weight excluding hydrogens is 244 g/mol. The molecule has 0 radical (unpaired) electrons. The number of hydrogen-bond donors (Lipinski definition) is 1. The summed E-state index contributed by atoms with van der Waals surface area (Å²) in [4.78, 5) is 4.19. The zero-order chi connectivity index (χ0) is 12.5. The standard InChI is InChI=1S/C10H16N2O4S/c1-7(13)6-9-11-10(12-16-9)8-2-4-17(14,15)5-3-8/h7-8,13H,2-6H2,1H3. The fourth-order valence-corrected chi connectivity index (χ4v) is 3.41. The molecule has 0 amide bonds. The molecule has 6 nitrogen and oxygen atoms in total. The van der Waals surface area contributed by atoms with Gasteiger partial charge in [0.2, 0.25) is 5.89 Å². The first-order chi connectivity index (χ1) is 7.96. The van der Waals surface area contributed by atoms with Crippen molar-refractivity contribution in [3.05, 3.63) is 11.7 Å². The van der Waals surface area contributed by atoms with Crippen LogP contribution in [0.4, 0.5) is 0 Å². The summed E-state index contributed by atoms with van der Waals surface area (Å²) in [6.07, 6.45) is 0.916. The van der Waals surface area contributed by atoms with Crippen LogP contribution in [0.25, 0.3) is 0 Å². The summed E-state index contributed by atoms with van der Waals surface area (Å²) in [5, 5.41) is 13.0. The largest absolute Gasteiger partial charge is 0.393 e. The van der Waals surface area contributed by atoms with Crippen LogP contribution in [0.5, 0.6) is 0 Å². The minimum Gasteiger partial charge on any atom is -0.393 e. The lowest BCUT2D eigenvalue weighted by Gasteiger charge is -2.18. The molecule has 0 bridgehead atoms. The smallest absolute Gasteiger partial charge is 0.229 e. The highest BCUT2D eigenvalue weighted by Crippen LogP contribution is 2.27. The van der Waals surface area contributed by atoms with Gasteiger partial charge in [-0.05, 0) is 19.8 Å². The van der Waals surface area contributed by atoms with Crippen molar-refractivity contribution in [3.63, 3.8) is 0 Å². The van der Waals surface area contributed by atoms with Crippen molar-refractivity contribution >= 4 is 9.84 Å². The molecule has 0 aromatic carbocycles. The quantitative estimate of drug-likeness (QED) is 0.839. The summed E-state index contributed by atoms with van der Waals surface area (Å²) >= 11 is 0. The molecule has 1 aromatic rings. The molecule has 1 aliphatic rings. The number of aliphatic hydroxyl groups excluding tert-OH is 1. The first-order valence-electron chi connectivity index (χ1n) is 5.67. The minimum absolute atomic E-state index is 0.0602. The SMILES string of the molecule is CC(O)Cc1nc(C2CCS(=O)(=O)CC2)no1. The van der Waals surface area contributed by atoms with E-state index in [4.69, 9.17) is 4.52 Å². The maximum atomic E-state index is 11.3. The van der Waals surface area contributed by atoms with Gasteiger partial charge < -0.3 is 9.63 Å². The molecule has 2 rings (SSSR count). The van der Waals surface area contributed by atoms with Gasteiger partial charge in [-0.1, -0.05) is 5.16 Å². The summed E-state index contributed by atoms with van der Waals surface area (Å²) in [6, 6.07) is 0. The van der Waals surface area contributed by atoms with Crippen LogP contribution in [0.2, 0.25) is 0 Å². The van der Waals surface area contributed by atoms with E-state index >= 15 is 0 Å². The fourth-order valence-electron chi connectivity index (χ4n) is 1.92. The van der Waals surface area contributed by atoms with Crippen molar-refractivity contribution in [1.82, 2.24) is 10.1 Å². The number of hydrogen-bond acceptors (Lipinski definition) is 6. The van der Waals surface area contributed by atoms with Gasteiger partial charge in [0.05, 0.1) is 24.0 Å². The van der Waals surface area contributed by atoms with Crippen LogP contribution < -0.4 is 0 Å². The number of nitrogens with zero attached hydrogens (tertiary/aromatic N) is 2. The number of aliphatic hydroxyl groups is 1. The van der Waals surface area contributed by atoms with Gasteiger partial charge in [-0.25, -0.2) is 8.42 Å². The van der Waals surface area contributed by atoms with Gasteiger partial charge in [-0.15, -0.1) is 0 Å². The Bertz CT molecular complexity index is 466. The van der Waals surface area contributed by atoms with E-state index in [1.54, 1.807) is 6.92 Å². The van der Waals surface area contributed by atoms with Crippen LogP contribution in [-0.2, 0) is 16.3 Å². The van der Waals surface area contributed by atoms with Gasteiger partial charge in [0.15, 0.2) is 5.82 Å². The van der Waals surface area contributed by atoms with E-state index in [0.717, 1.165) is 0 Å². The van der Waals surface area contributed by atoms with Crippen LogP contribution in [0.1, 0.15) is 37.4 Å². The van der Waals surface area contributed by atoms with Crippen LogP contribution in [-0.4, -0.2) is 41.3 Å². The highest BCUT2D eigenvalue weighted by atomic mass is 32.2. The monoisotopic (exact) mass is 260 g/mol. The van der Waals surface area contributed by atoms with Crippen molar-refractivity contribution in [3.8, 4) is 0 Å². The van der Waals surface area contributed by atoms with Crippen molar-refractivity contribution in [2.24, 2.45) is 0 Å². The molecule has 96 valence electrons. The van der Waals surface area contributed by atoms with Gasteiger partial charge >= 0.3 is 0 Å². The third-order valence-electron chi connectivity index (χ3n) is 2.87. The molecule has 2 heterocycles. The van der Waals surface area contributed by atoms with E-state index in [0.29, 0.717) is 31.0 Å². The van der Waals surface area contributed by atoms with Crippen molar-refractivity contribution < 1.29 is 18.0 Å². The average Bonchev–Trinajstić information content (AvgIpc) is 2.65. The summed E-state index contributed by atoms with van der Waals surface area (Å²) in [5.74, 6) is 1.42. The van der Waals surface area contributed by atoms with E-state index < -0.39 is 15.9 Å². The highest BCUT2D eigenvalue weighted by Gasteiger charge is 2.28. The lowest BCUT2D eigenvalue weighted by molar-refractivity contribution is 0.181. The lowest BCUT2D eigenvalue weighted by atomic mass is 10.0. The maximum absolute atomic E-state index is 11.3. The van der Waals surface area contributed by atoms with E-state index in [2.05, 4.69) is 10.1 Å². The average molecular weight is 260 g/mol. The van der Waals surface area contributed by atoms with E-state index in [-0.39, 0.29) is 17.4 Å². The Balaban J connectivity index is 2.01. The summed E-state index contributed by atoms with van der Waals surface area (Å²) in [6.45, 7) is 1.65. The Morgan fingerprint density at radius 3 is 2.71 bits per heavy atom. The van der Waals surface area contributed by atoms with Crippen molar-refractivity contribution in [2.45, 2.75) is 38.2 Å². The molecule has 0 saturated carbocycles. The molecule has 1 unspecified atom stereocenters. The van der Waals surface area contributed by atoms with Gasteiger partial charge in [-0.3, -0.25) is 0 Å². The molecule has 1 atom stereocenters. The molecular formula is C10H16N2O4S. The van der Waals surface area contributed by atoms with Gasteiger partial charge in [0.25, 0.3) is 0 Å². The zero-order valence-electron chi connectivity index (χ0n) is 9.66. The Morgan fingerprint density at radius 1 is 1.47 bits per heavy atom. The Kier molecular flexibility index (Phi) is 3.48. The third kappa shape index (κ3) is 3.26. The maximum Gasteiger partial charge on any atom is 0.229 e. The van der Waals surface area contributed by atoms with Crippen LogP contribution in [0.3, 0.4) is 0 Å². The fraction of sp³-hybridized carbons (Fsp3) is 0.800. The highest BCUT2D eigenvalue weighted by molar-refractivity contribution is 7.91. The summed E-state index contributed by atoms with van der Waals surface area (Å²) in [7, 11) is -2.86. The molecule has 0 aliphatic carbocycles. The molecule has 17 heavy (non-hydrogen) atoms. The third-order valence-corrected chi connectivity index (χ3v) is 4.59. The van der Waals surface area contributed by atoms with Crippen LogP contribution in [0, 0.1) is 0 Å². The van der Waals surface area contributed by atoms with E-state index in [1.807, 2.05) is 0 Å². The lowest BCUT2D eigenvalue weighted by Crippen LogP contribution is -2.22. The Labute approximate surface area is 99.9 Å². The van der Waals surface area contributed by atoms with E-state index in [1.165, 1.54) is 0 Å². The minimum atomic E-state index is -2.86. The normalized spacial score (nSPS) is 22.5. The van der Waals surface area contributed by atoms with Gasteiger partial charge in [-0.2, -0.15) is 4.98 Å². The Morgan fingerprint density at radius 2 is 2.12 bits per heavy atom.